The van der Waals surface area contributed by atoms with Crippen LogP contribution in [0, 0.1) is 17.0 Å². The zero-order valence-electron chi connectivity index (χ0n) is 19.1. The van der Waals surface area contributed by atoms with Crippen LogP contribution in [0.5, 0.6) is 11.5 Å². The smallest absolute Gasteiger partial charge is 0.269 e. The molecule has 0 saturated carbocycles. The summed E-state index contributed by atoms with van der Waals surface area (Å²) in [6, 6.07) is 11.6. The van der Waals surface area contributed by atoms with Crippen LogP contribution < -0.4 is 14.8 Å². The SMILES string of the molecule is C=CCn1c(SCC(=O)Nc2ccc([N+](=O)[O-])cc2C)nnc1C(C)Oc1cccc(OC)c1. The lowest BCUT2D eigenvalue weighted by atomic mass is 10.2. The minimum Gasteiger partial charge on any atom is -0.497 e. The summed E-state index contributed by atoms with van der Waals surface area (Å²) in [5.41, 5.74) is 1.10. The Balaban J connectivity index is 1.67. The number of thioether (sulfide) groups is 1. The molecule has 0 fully saturated rings. The zero-order chi connectivity index (χ0) is 24.7. The van der Waals surface area contributed by atoms with Crippen molar-refractivity contribution in [2.24, 2.45) is 0 Å². The number of nitro benzene ring substituents is 1. The van der Waals surface area contributed by atoms with Crippen LogP contribution in [-0.2, 0) is 11.3 Å². The lowest BCUT2D eigenvalue weighted by molar-refractivity contribution is -0.384. The molecule has 0 bridgehead atoms. The first-order chi connectivity index (χ1) is 16.3. The Morgan fingerprint density at radius 3 is 2.74 bits per heavy atom. The van der Waals surface area contributed by atoms with Gasteiger partial charge in [0.2, 0.25) is 5.91 Å². The van der Waals surface area contributed by atoms with E-state index in [1.165, 1.54) is 30.0 Å². The van der Waals surface area contributed by atoms with Crippen LogP contribution in [0.15, 0.2) is 60.3 Å². The Bertz CT molecular complexity index is 1200. The third-order valence-electron chi connectivity index (χ3n) is 4.80. The number of nitrogens with zero attached hydrogens (tertiary/aromatic N) is 4. The van der Waals surface area contributed by atoms with Gasteiger partial charge in [0.1, 0.15) is 11.5 Å². The monoisotopic (exact) mass is 483 g/mol. The van der Waals surface area contributed by atoms with E-state index in [2.05, 4.69) is 22.1 Å². The van der Waals surface area contributed by atoms with Gasteiger partial charge in [-0.25, -0.2) is 0 Å². The van der Waals surface area contributed by atoms with E-state index in [-0.39, 0.29) is 17.3 Å². The van der Waals surface area contributed by atoms with Crippen molar-refractivity contribution in [3.63, 3.8) is 0 Å². The maximum absolute atomic E-state index is 12.5. The van der Waals surface area contributed by atoms with Crippen molar-refractivity contribution in [2.75, 3.05) is 18.2 Å². The number of benzene rings is 2. The molecule has 1 unspecified atom stereocenters. The number of aryl methyl sites for hydroxylation is 1. The standard InChI is InChI=1S/C23H25N5O5S/c1-5-11-27-22(16(3)33-19-8-6-7-18(13-19)32-4)25-26-23(27)34-14-21(29)24-20-10-9-17(28(30)31)12-15(20)2/h5-10,12-13,16H,1,11,14H2,2-4H3,(H,24,29). The summed E-state index contributed by atoms with van der Waals surface area (Å²) in [5, 5.41) is 22.7. The van der Waals surface area contributed by atoms with E-state index in [0.717, 1.165) is 0 Å². The van der Waals surface area contributed by atoms with Crippen molar-refractivity contribution in [2.45, 2.75) is 31.7 Å². The second kappa shape index (κ2) is 11.3. The van der Waals surface area contributed by atoms with Gasteiger partial charge in [0.25, 0.3) is 5.69 Å². The number of anilines is 1. The Labute approximate surface area is 201 Å². The molecule has 3 rings (SSSR count). The molecule has 0 saturated heterocycles. The van der Waals surface area contributed by atoms with Crippen molar-refractivity contribution in [1.29, 1.82) is 0 Å². The molecule has 0 aliphatic carbocycles. The third kappa shape index (κ3) is 6.13. The van der Waals surface area contributed by atoms with Crippen molar-refractivity contribution in [3.8, 4) is 11.5 Å². The molecule has 1 heterocycles. The molecule has 178 valence electrons. The Hall–Kier alpha value is -3.86. The molecule has 1 amide bonds. The highest BCUT2D eigenvalue weighted by atomic mass is 32.2. The predicted molar refractivity (Wildman–Crippen MR) is 129 cm³/mol. The van der Waals surface area contributed by atoms with Crippen molar-refractivity contribution >= 4 is 29.0 Å². The van der Waals surface area contributed by atoms with Gasteiger partial charge in [-0.05, 0) is 37.6 Å². The molecule has 0 spiro atoms. The highest BCUT2D eigenvalue weighted by Gasteiger charge is 2.20. The van der Waals surface area contributed by atoms with Gasteiger partial charge in [0.15, 0.2) is 17.1 Å². The van der Waals surface area contributed by atoms with Crippen molar-refractivity contribution in [3.05, 3.63) is 76.6 Å². The highest BCUT2D eigenvalue weighted by Crippen LogP contribution is 2.27. The molecule has 0 aliphatic rings. The zero-order valence-corrected chi connectivity index (χ0v) is 19.9. The number of aromatic nitrogens is 3. The third-order valence-corrected chi connectivity index (χ3v) is 5.77. The minimum atomic E-state index is -0.475. The molecule has 1 aromatic heterocycles. The molecule has 3 aromatic rings. The van der Waals surface area contributed by atoms with Gasteiger partial charge < -0.3 is 14.8 Å². The number of carbonyl (C=O) groups is 1. The number of methoxy groups -OCH3 is 1. The number of allylic oxidation sites excluding steroid dienone is 1. The number of non-ortho nitro benzene ring substituents is 1. The molecule has 2 aromatic carbocycles. The summed E-state index contributed by atoms with van der Waals surface area (Å²) in [6.45, 7) is 7.80. The summed E-state index contributed by atoms with van der Waals surface area (Å²) in [4.78, 5) is 22.9. The number of amides is 1. The van der Waals surface area contributed by atoms with Crippen molar-refractivity contribution < 1.29 is 19.2 Å². The number of nitrogens with one attached hydrogen (secondary N) is 1. The summed E-state index contributed by atoms with van der Waals surface area (Å²) in [6.07, 6.45) is 1.31. The number of carbonyl (C=O) groups excluding carboxylic acids is 1. The van der Waals surface area contributed by atoms with E-state index >= 15 is 0 Å². The van der Waals surface area contributed by atoms with Crippen LogP contribution in [0.4, 0.5) is 11.4 Å². The number of ether oxygens (including phenoxy) is 2. The molecule has 11 heteroatoms. The van der Waals surface area contributed by atoms with Gasteiger partial charge in [0.05, 0.1) is 17.8 Å². The second-order valence-electron chi connectivity index (χ2n) is 7.27. The van der Waals surface area contributed by atoms with Crippen LogP contribution in [-0.4, -0.2) is 38.5 Å². The normalized spacial score (nSPS) is 11.5. The number of hydrogen-bond acceptors (Lipinski definition) is 8. The Morgan fingerprint density at radius 1 is 1.29 bits per heavy atom. The number of hydrogen-bond donors (Lipinski definition) is 1. The van der Waals surface area contributed by atoms with E-state index in [9.17, 15) is 14.9 Å². The van der Waals surface area contributed by atoms with E-state index in [4.69, 9.17) is 9.47 Å². The maximum Gasteiger partial charge on any atom is 0.269 e. The molecule has 1 atom stereocenters. The first-order valence-electron chi connectivity index (χ1n) is 10.3. The van der Waals surface area contributed by atoms with E-state index in [1.807, 2.05) is 29.7 Å². The topological polar surface area (TPSA) is 121 Å². The minimum absolute atomic E-state index is 0.0276. The molecule has 10 nitrogen and oxygen atoms in total. The fourth-order valence-electron chi connectivity index (χ4n) is 3.16. The predicted octanol–water partition coefficient (Wildman–Crippen LogP) is 4.56. The average molecular weight is 484 g/mol. The van der Waals surface area contributed by atoms with Gasteiger partial charge >= 0.3 is 0 Å². The van der Waals surface area contributed by atoms with Gasteiger partial charge in [-0.15, -0.1) is 16.8 Å². The number of nitro groups is 1. The van der Waals surface area contributed by atoms with Gasteiger partial charge in [-0.3, -0.25) is 19.5 Å². The molecule has 34 heavy (non-hydrogen) atoms. The lowest BCUT2D eigenvalue weighted by Gasteiger charge is -2.16. The number of rotatable bonds is 11. The lowest BCUT2D eigenvalue weighted by Crippen LogP contribution is -2.16. The first-order valence-corrected chi connectivity index (χ1v) is 11.3. The Kier molecular flexibility index (Phi) is 8.25. The first kappa shape index (κ1) is 24.8. The highest BCUT2D eigenvalue weighted by molar-refractivity contribution is 7.99. The summed E-state index contributed by atoms with van der Waals surface area (Å²) in [7, 11) is 1.59. The van der Waals surface area contributed by atoms with Crippen LogP contribution in [0.2, 0.25) is 0 Å². The van der Waals surface area contributed by atoms with Crippen LogP contribution in [0.1, 0.15) is 24.4 Å². The molecule has 0 aliphatic heterocycles. The van der Waals surface area contributed by atoms with E-state index < -0.39 is 11.0 Å². The van der Waals surface area contributed by atoms with Gasteiger partial charge in [0, 0.05) is 30.4 Å². The largest absolute Gasteiger partial charge is 0.497 e. The maximum atomic E-state index is 12.5. The van der Waals surface area contributed by atoms with E-state index in [0.29, 0.717) is 40.3 Å². The second-order valence-corrected chi connectivity index (χ2v) is 8.21. The fourth-order valence-corrected chi connectivity index (χ4v) is 3.91. The molecule has 1 N–H and O–H groups in total. The van der Waals surface area contributed by atoms with Crippen LogP contribution in [0.25, 0.3) is 0 Å². The van der Waals surface area contributed by atoms with Crippen molar-refractivity contribution in [1.82, 2.24) is 14.8 Å². The fraction of sp³-hybridized carbons (Fsp3) is 0.261. The van der Waals surface area contributed by atoms with Gasteiger partial charge in [-0.2, -0.15) is 0 Å². The summed E-state index contributed by atoms with van der Waals surface area (Å²) >= 11 is 1.22. The quantitative estimate of drug-likeness (QED) is 0.182. The summed E-state index contributed by atoms with van der Waals surface area (Å²) < 4.78 is 13.1. The van der Waals surface area contributed by atoms with Crippen LogP contribution >= 0.6 is 11.8 Å². The molecule has 0 radical (unpaired) electrons. The van der Waals surface area contributed by atoms with Gasteiger partial charge in [-0.1, -0.05) is 23.9 Å². The van der Waals surface area contributed by atoms with E-state index in [1.54, 1.807) is 26.2 Å². The molecular weight excluding hydrogens is 458 g/mol. The Morgan fingerprint density at radius 2 is 2.06 bits per heavy atom. The van der Waals surface area contributed by atoms with Crippen LogP contribution in [0.3, 0.4) is 0 Å². The summed E-state index contributed by atoms with van der Waals surface area (Å²) in [5.74, 6) is 1.72. The average Bonchev–Trinajstić information content (AvgIpc) is 3.22. The molecular formula is C23H25N5O5S.